The number of benzene rings is 4. The van der Waals surface area contributed by atoms with Crippen molar-refractivity contribution in [3.8, 4) is 5.75 Å². The lowest BCUT2D eigenvalue weighted by molar-refractivity contribution is -0.119. The van der Waals surface area contributed by atoms with Crippen LogP contribution in [0, 0.1) is 26.6 Å². The lowest BCUT2D eigenvalue weighted by Crippen LogP contribution is -2.41. The Morgan fingerprint density at radius 1 is 0.821 bits per heavy atom. The molecule has 0 radical (unpaired) electrons. The quantitative estimate of drug-likeness (QED) is 0.271. The molecule has 6 nitrogen and oxygen atoms in total. The zero-order valence-electron chi connectivity index (χ0n) is 22.1. The summed E-state index contributed by atoms with van der Waals surface area (Å²) in [5.41, 5.74) is 4.84. The Kier molecular flexibility index (Phi) is 8.66. The summed E-state index contributed by atoms with van der Waals surface area (Å²) in [5.74, 6) is -0.0862. The molecule has 1 N–H and O–H groups in total. The zero-order valence-corrected chi connectivity index (χ0v) is 23.0. The molecule has 0 aliphatic carbocycles. The highest BCUT2D eigenvalue weighted by Gasteiger charge is 2.28. The summed E-state index contributed by atoms with van der Waals surface area (Å²) in [6.07, 6.45) is 0. The van der Waals surface area contributed by atoms with Gasteiger partial charge in [-0.1, -0.05) is 59.7 Å². The molecule has 0 spiro atoms. The summed E-state index contributed by atoms with van der Waals surface area (Å²) in [5, 5.41) is 2.82. The van der Waals surface area contributed by atoms with Crippen LogP contribution in [0.5, 0.6) is 5.75 Å². The third-order valence-electron chi connectivity index (χ3n) is 6.25. The van der Waals surface area contributed by atoms with Gasteiger partial charge in [-0.15, -0.1) is 0 Å². The summed E-state index contributed by atoms with van der Waals surface area (Å²) in [6, 6.07) is 25.4. The number of sulfonamides is 1. The Hall–Kier alpha value is -4.17. The standard InChI is InChI=1S/C31H31FN2O4S/c1-22-4-15-29(16-5-22)39(36,37)34(30-17-6-23(2)18-24(30)3)20-31(35)33-19-25-9-13-28(14-10-25)38-21-26-7-11-27(32)12-8-26/h4-18H,19-21H2,1-3H3,(H,33,35). The fourth-order valence-corrected chi connectivity index (χ4v) is 5.55. The van der Waals surface area contributed by atoms with Gasteiger partial charge in [0.15, 0.2) is 0 Å². The van der Waals surface area contributed by atoms with E-state index in [1.807, 2.05) is 45.0 Å². The summed E-state index contributed by atoms with van der Waals surface area (Å²) < 4.78 is 47.2. The van der Waals surface area contributed by atoms with Crippen LogP contribution in [-0.2, 0) is 28.0 Å². The van der Waals surface area contributed by atoms with Crippen LogP contribution in [0.3, 0.4) is 0 Å². The third-order valence-corrected chi connectivity index (χ3v) is 8.02. The second-order valence-corrected chi connectivity index (χ2v) is 11.3. The molecule has 0 unspecified atom stereocenters. The molecule has 8 heteroatoms. The Balaban J connectivity index is 1.43. The normalized spacial score (nSPS) is 11.2. The number of hydrogen-bond donors (Lipinski definition) is 1. The highest BCUT2D eigenvalue weighted by Crippen LogP contribution is 2.27. The fourth-order valence-electron chi connectivity index (χ4n) is 4.06. The van der Waals surface area contributed by atoms with Crippen molar-refractivity contribution in [2.45, 2.75) is 38.8 Å². The minimum Gasteiger partial charge on any atom is -0.489 e. The van der Waals surface area contributed by atoms with Gasteiger partial charge in [-0.25, -0.2) is 12.8 Å². The first-order valence-corrected chi connectivity index (χ1v) is 14.0. The van der Waals surface area contributed by atoms with E-state index in [-0.39, 0.29) is 23.8 Å². The van der Waals surface area contributed by atoms with Crippen LogP contribution >= 0.6 is 0 Å². The van der Waals surface area contributed by atoms with Gasteiger partial charge >= 0.3 is 0 Å². The molecule has 4 aromatic rings. The number of amides is 1. The van der Waals surface area contributed by atoms with Crippen LogP contribution in [0.4, 0.5) is 10.1 Å². The first kappa shape index (κ1) is 27.9. The molecule has 0 bridgehead atoms. The van der Waals surface area contributed by atoms with Gasteiger partial charge in [0.25, 0.3) is 10.0 Å². The molecule has 1 amide bonds. The number of hydrogen-bond acceptors (Lipinski definition) is 4. The molecule has 39 heavy (non-hydrogen) atoms. The van der Waals surface area contributed by atoms with Gasteiger partial charge in [0, 0.05) is 6.54 Å². The van der Waals surface area contributed by atoms with Gasteiger partial charge in [0.05, 0.1) is 10.6 Å². The van der Waals surface area contributed by atoms with Crippen molar-refractivity contribution in [1.29, 1.82) is 0 Å². The molecular formula is C31H31FN2O4S. The summed E-state index contributed by atoms with van der Waals surface area (Å²) >= 11 is 0. The molecular weight excluding hydrogens is 515 g/mol. The molecule has 0 aromatic heterocycles. The van der Waals surface area contributed by atoms with Crippen molar-refractivity contribution in [1.82, 2.24) is 5.32 Å². The molecule has 0 fully saturated rings. The largest absolute Gasteiger partial charge is 0.489 e. The number of ether oxygens (including phenoxy) is 1. The van der Waals surface area contributed by atoms with Crippen LogP contribution in [0.25, 0.3) is 0 Å². The molecule has 4 aromatic carbocycles. The lowest BCUT2D eigenvalue weighted by Gasteiger charge is -2.26. The van der Waals surface area contributed by atoms with E-state index in [4.69, 9.17) is 4.74 Å². The lowest BCUT2D eigenvalue weighted by atomic mass is 10.1. The summed E-state index contributed by atoms with van der Waals surface area (Å²) in [7, 11) is -3.99. The van der Waals surface area contributed by atoms with Crippen LogP contribution < -0.4 is 14.4 Å². The summed E-state index contributed by atoms with van der Waals surface area (Å²) in [6.45, 7) is 5.82. The molecule has 0 atom stereocenters. The number of carbonyl (C=O) groups is 1. The molecule has 0 heterocycles. The van der Waals surface area contributed by atoms with E-state index in [1.54, 1.807) is 54.6 Å². The monoisotopic (exact) mass is 546 g/mol. The van der Waals surface area contributed by atoms with Gasteiger partial charge in [0.2, 0.25) is 5.91 Å². The van der Waals surface area contributed by atoms with Gasteiger partial charge in [-0.3, -0.25) is 9.10 Å². The van der Waals surface area contributed by atoms with Crippen LogP contribution in [0.2, 0.25) is 0 Å². The van der Waals surface area contributed by atoms with Crippen molar-refractivity contribution >= 4 is 21.6 Å². The fraction of sp³-hybridized carbons (Fsp3) is 0.194. The molecule has 0 saturated heterocycles. The van der Waals surface area contributed by atoms with Gasteiger partial charge in [0.1, 0.15) is 24.7 Å². The second-order valence-electron chi connectivity index (χ2n) is 9.45. The van der Waals surface area contributed by atoms with Crippen molar-refractivity contribution < 1.29 is 22.3 Å². The van der Waals surface area contributed by atoms with Crippen molar-refractivity contribution in [3.63, 3.8) is 0 Å². The molecule has 0 saturated carbocycles. The van der Waals surface area contributed by atoms with Crippen LogP contribution in [-0.4, -0.2) is 20.9 Å². The van der Waals surface area contributed by atoms with E-state index in [0.717, 1.165) is 32.1 Å². The number of nitrogens with one attached hydrogen (secondary N) is 1. The van der Waals surface area contributed by atoms with Gasteiger partial charge < -0.3 is 10.1 Å². The van der Waals surface area contributed by atoms with E-state index in [9.17, 15) is 17.6 Å². The first-order chi connectivity index (χ1) is 18.6. The predicted molar refractivity (Wildman–Crippen MR) is 151 cm³/mol. The second kappa shape index (κ2) is 12.1. The molecule has 0 aliphatic rings. The number of aryl methyl sites for hydroxylation is 3. The zero-order chi connectivity index (χ0) is 28.0. The average molecular weight is 547 g/mol. The van der Waals surface area contributed by atoms with E-state index < -0.39 is 15.9 Å². The number of halogens is 1. The maximum Gasteiger partial charge on any atom is 0.264 e. The van der Waals surface area contributed by atoms with Crippen molar-refractivity contribution in [2.24, 2.45) is 0 Å². The molecule has 0 aliphatic heterocycles. The SMILES string of the molecule is Cc1ccc(S(=O)(=O)N(CC(=O)NCc2ccc(OCc3ccc(F)cc3)cc2)c2ccc(C)cc2C)cc1. The minimum atomic E-state index is -3.99. The van der Waals surface area contributed by atoms with Crippen LogP contribution in [0.1, 0.15) is 27.8 Å². The third kappa shape index (κ3) is 7.23. The maximum atomic E-state index is 13.6. The van der Waals surface area contributed by atoms with Crippen LogP contribution in [0.15, 0.2) is 95.9 Å². The number of anilines is 1. The van der Waals surface area contributed by atoms with E-state index in [0.29, 0.717) is 18.0 Å². The number of nitrogens with zero attached hydrogens (tertiary/aromatic N) is 1. The Morgan fingerprint density at radius 2 is 1.44 bits per heavy atom. The predicted octanol–water partition coefficient (Wildman–Crippen LogP) is 5.84. The minimum absolute atomic E-state index is 0.122. The number of carbonyl (C=O) groups excluding carboxylic acids is 1. The first-order valence-electron chi connectivity index (χ1n) is 12.5. The number of rotatable bonds is 10. The van der Waals surface area contributed by atoms with E-state index in [2.05, 4.69) is 5.32 Å². The average Bonchev–Trinajstić information content (AvgIpc) is 2.91. The topological polar surface area (TPSA) is 75.7 Å². The van der Waals surface area contributed by atoms with Crippen molar-refractivity contribution in [2.75, 3.05) is 10.8 Å². The Morgan fingerprint density at radius 3 is 2.08 bits per heavy atom. The smallest absolute Gasteiger partial charge is 0.264 e. The van der Waals surface area contributed by atoms with Crippen molar-refractivity contribution in [3.05, 3.63) is 125 Å². The highest BCUT2D eigenvalue weighted by molar-refractivity contribution is 7.92. The Bertz CT molecular complexity index is 1540. The van der Waals surface area contributed by atoms with E-state index >= 15 is 0 Å². The Labute approximate surface area is 229 Å². The van der Waals surface area contributed by atoms with E-state index in [1.165, 1.54) is 12.1 Å². The summed E-state index contributed by atoms with van der Waals surface area (Å²) in [4.78, 5) is 13.1. The maximum absolute atomic E-state index is 13.6. The molecule has 202 valence electrons. The highest BCUT2D eigenvalue weighted by atomic mass is 32.2. The molecule has 4 rings (SSSR count). The van der Waals surface area contributed by atoms with Gasteiger partial charge in [-0.05, 0) is 79.9 Å². The van der Waals surface area contributed by atoms with Gasteiger partial charge in [-0.2, -0.15) is 0 Å².